The van der Waals surface area contributed by atoms with Crippen molar-refractivity contribution in [1.29, 1.82) is 0 Å². The predicted molar refractivity (Wildman–Crippen MR) is 82.3 cm³/mol. The van der Waals surface area contributed by atoms with Gasteiger partial charge >= 0.3 is 0 Å². The second-order valence-electron chi connectivity index (χ2n) is 5.13. The van der Waals surface area contributed by atoms with Crippen molar-refractivity contribution in [1.82, 2.24) is 10.2 Å². The van der Waals surface area contributed by atoms with Crippen LogP contribution in [0.2, 0.25) is 0 Å². The highest BCUT2D eigenvalue weighted by molar-refractivity contribution is 7.10. The molecular formula is C15H28N2S. The van der Waals surface area contributed by atoms with Crippen molar-refractivity contribution in [2.45, 2.75) is 40.2 Å². The molecule has 1 unspecified atom stereocenters. The maximum atomic E-state index is 3.71. The zero-order valence-corrected chi connectivity index (χ0v) is 13.1. The van der Waals surface area contributed by atoms with Crippen LogP contribution in [0, 0.1) is 5.92 Å². The van der Waals surface area contributed by atoms with E-state index in [2.05, 4.69) is 55.4 Å². The maximum Gasteiger partial charge on any atom is 0.0438 e. The van der Waals surface area contributed by atoms with Crippen LogP contribution in [-0.2, 0) is 0 Å². The van der Waals surface area contributed by atoms with Crippen molar-refractivity contribution >= 4 is 11.3 Å². The fourth-order valence-electron chi connectivity index (χ4n) is 2.26. The average molecular weight is 268 g/mol. The molecule has 0 saturated heterocycles. The van der Waals surface area contributed by atoms with E-state index in [0.717, 1.165) is 19.6 Å². The van der Waals surface area contributed by atoms with E-state index in [1.807, 2.05) is 11.3 Å². The molecule has 0 aliphatic rings. The summed E-state index contributed by atoms with van der Waals surface area (Å²) in [6.07, 6.45) is 1.24. The molecule has 0 radical (unpaired) electrons. The van der Waals surface area contributed by atoms with Gasteiger partial charge in [-0.05, 0) is 36.9 Å². The van der Waals surface area contributed by atoms with Crippen LogP contribution in [-0.4, -0.2) is 31.1 Å². The molecule has 2 nitrogen and oxygen atoms in total. The lowest BCUT2D eigenvalue weighted by atomic mass is 10.0. The van der Waals surface area contributed by atoms with Gasteiger partial charge in [-0.2, -0.15) is 0 Å². The van der Waals surface area contributed by atoms with Crippen LogP contribution in [0.4, 0.5) is 0 Å². The van der Waals surface area contributed by atoms with Crippen LogP contribution in [0.5, 0.6) is 0 Å². The molecule has 1 aromatic rings. The molecule has 0 spiro atoms. The topological polar surface area (TPSA) is 15.3 Å². The third-order valence-corrected chi connectivity index (χ3v) is 4.25. The van der Waals surface area contributed by atoms with E-state index in [-0.39, 0.29) is 0 Å². The van der Waals surface area contributed by atoms with Crippen molar-refractivity contribution in [3.05, 3.63) is 22.4 Å². The Labute approximate surface area is 116 Å². The first-order chi connectivity index (χ1) is 8.69. The molecule has 104 valence electrons. The van der Waals surface area contributed by atoms with E-state index in [1.54, 1.807) is 0 Å². The summed E-state index contributed by atoms with van der Waals surface area (Å²) in [4.78, 5) is 3.97. The van der Waals surface area contributed by atoms with Crippen LogP contribution < -0.4 is 5.32 Å². The number of nitrogens with one attached hydrogen (secondary N) is 1. The second kappa shape index (κ2) is 8.68. The van der Waals surface area contributed by atoms with E-state index >= 15 is 0 Å². The van der Waals surface area contributed by atoms with E-state index in [1.165, 1.54) is 17.8 Å². The van der Waals surface area contributed by atoms with Crippen molar-refractivity contribution in [2.24, 2.45) is 5.92 Å². The molecule has 0 bridgehead atoms. The van der Waals surface area contributed by atoms with Crippen LogP contribution in [0.25, 0.3) is 0 Å². The van der Waals surface area contributed by atoms with Gasteiger partial charge < -0.3 is 10.2 Å². The monoisotopic (exact) mass is 268 g/mol. The second-order valence-corrected chi connectivity index (χ2v) is 6.10. The molecule has 0 aliphatic carbocycles. The number of thiophene rings is 1. The van der Waals surface area contributed by atoms with Crippen LogP contribution in [0.3, 0.4) is 0 Å². The molecule has 1 rings (SSSR count). The minimum absolute atomic E-state index is 0.505. The number of rotatable bonds is 9. The van der Waals surface area contributed by atoms with Gasteiger partial charge in [0, 0.05) is 24.0 Å². The third-order valence-electron chi connectivity index (χ3n) is 3.30. The van der Waals surface area contributed by atoms with Gasteiger partial charge in [-0.25, -0.2) is 0 Å². The summed E-state index contributed by atoms with van der Waals surface area (Å²) < 4.78 is 0. The lowest BCUT2D eigenvalue weighted by Gasteiger charge is -2.24. The summed E-state index contributed by atoms with van der Waals surface area (Å²) in [6, 6.07) is 4.89. The molecule has 0 saturated carbocycles. The zero-order valence-electron chi connectivity index (χ0n) is 12.3. The molecule has 1 heterocycles. The standard InChI is InChI=1S/C15H28N2S/c1-5-10-17(6-2)11-9-16-15(13(3)4)14-8-7-12-18-14/h7-8,12-13,15-16H,5-6,9-11H2,1-4H3. The number of hydrogen-bond acceptors (Lipinski definition) is 3. The van der Waals surface area contributed by atoms with Crippen molar-refractivity contribution < 1.29 is 0 Å². The fourth-order valence-corrected chi connectivity index (χ4v) is 3.23. The van der Waals surface area contributed by atoms with Gasteiger partial charge in [-0.15, -0.1) is 11.3 Å². The van der Waals surface area contributed by atoms with E-state index < -0.39 is 0 Å². The van der Waals surface area contributed by atoms with Crippen molar-refractivity contribution in [3.8, 4) is 0 Å². The summed E-state index contributed by atoms with van der Waals surface area (Å²) in [6.45, 7) is 13.7. The van der Waals surface area contributed by atoms with Gasteiger partial charge in [-0.3, -0.25) is 0 Å². The molecule has 1 atom stereocenters. The molecule has 0 aliphatic heterocycles. The summed E-state index contributed by atoms with van der Waals surface area (Å²) in [5, 5.41) is 5.88. The molecule has 0 aromatic carbocycles. The largest absolute Gasteiger partial charge is 0.308 e. The first kappa shape index (κ1) is 15.7. The first-order valence-electron chi connectivity index (χ1n) is 7.18. The third kappa shape index (κ3) is 5.09. The molecular weight excluding hydrogens is 240 g/mol. The van der Waals surface area contributed by atoms with Gasteiger partial charge in [0.15, 0.2) is 0 Å². The van der Waals surface area contributed by atoms with Gasteiger partial charge in [0.2, 0.25) is 0 Å². The zero-order chi connectivity index (χ0) is 13.4. The molecule has 1 aromatic heterocycles. The first-order valence-corrected chi connectivity index (χ1v) is 8.06. The highest BCUT2D eigenvalue weighted by Crippen LogP contribution is 2.25. The Morgan fingerprint density at radius 2 is 2.06 bits per heavy atom. The molecule has 0 amide bonds. The van der Waals surface area contributed by atoms with Crippen molar-refractivity contribution in [2.75, 3.05) is 26.2 Å². The van der Waals surface area contributed by atoms with E-state index in [0.29, 0.717) is 12.0 Å². The lowest BCUT2D eigenvalue weighted by molar-refractivity contribution is 0.276. The highest BCUT2D eigenvalue weighted by Gasteiger charge is 2.15. The number of nitrogens with zero attached hydrogens (tertiary/aromatic N) is 1. The van der Waals surface area contributed by atoms with E-state index in [9.17, 15) is 0 Å². The Balaban J connectivity index is 2.39. The Morgan fingerprint density at radius 3 is 2.56 bits per heavy atom. The summed E-state index contributed by atoms with van der Waals surface area (Å²) in [7, 11) is 0. The van der Waals surface area contributed by atoms with E-state index in [4.69, 9.17) is 0 Å². The Morgan fingerprint density at radius 1 is 1.28 bits per heavy atom. The quantitative estimate of drug-likeness (QED) is 0.733. The minimum Gasteiger partial charge on any atom is -0.308 e. The normalized spacial score (nSPS) is 13.4. The van der Waals surface area contributed by atoms with Crippen molar-refractivity contribution in [3.63, 3.8) is 0 Å². The molecule has 0 fully saturated rings. The molecule has 3 heteroatoms. The van der Waals surface area contributed by atoms with Gasteiger partial charge in [0.25, 0.3) is 0 Å². The summed E-state index contributed by atoms with van der Waals surface area (Å²) >= 11 is 1.86. The lowest BCUT2D eigenvalue weighted by Crippen LogP contribution is -2.35. The van der Waals surface area contributed by atoms with Gasteiger partial charge in [-0.1, -0.05) is 33.8 Å². The van der Waals surface area contributed by atoms with Crippen LogP contribution >= 0.6 is 11.3 Å². The average Bonchev–Trinajstić information content (AvgIpc) is 2.86. The molecule has 1 N–H and O–H groups in total. The van der Waals surface area contributed by atoms with Gasteiger partial charge in [0.1, 0.15) is 0 Å². The number of likely N-dealkylation sites (N-methyl/N-ethyl adjacent to an activating group) is 1. The Hall–Kier alpha value is -0.380. The predicted octanol–water partition coefficient (Wildman–Crippen LogP) is 3.77. The Kier molecular flexibility index (Phi) is 7.56. The van der Waals surface area contributed by atoms with Gasteiger partial charge in [0.05, 0.1) is 0 Å². The van der Waals surface area contributed by atoms with Crippen LogP contribution in [0.1, 0.15) is 45.0 Å². The highest BCUT2D eigenvalue weighted by atomic mass is 32.1. The molecule has 18 heavy (non-hydrogen) atoms. The summed E-state index contributed by atoms with van der Waals surface area (Å²) in [5.41, 5.74) is 0. The maximum absolute atomic E-state index is 3.71. The number of hydrogen-bond donors (Lipinski definition) is 1. The van der Waals surface area contributed by atoms with Crippen LogP contribution in [0.15, 0.2) is 17.5 Å². The minimum atomic E-state index is 0.505. The fraction of sp³-hybridized carbons (Fsp3) is 0.733. The summed E-state index contributed by atoms with van der Waals surface area (Å²) in [5.74, 6) is 0.643. The smallest absolute Gasteiger partial charge is 0.0438 e. The Bertz CT molecular complexity index is 295. The SMILES string of the molecule is CCCN(CC)CCNC(c1cccs1)C(C)C.